The van der Waals surface area contributed by atoms with E-state index in [2.05, 4.69) is 4.72 Å². The standard InChI is InChI=1S/C12H12ClNO3S2/c1-17-11-3-2-10(13)6-12(11)19(15,16)14-7-9-4-5-18-8-9/h2-6,8,14H,7H2,1H3. The van der Waals surface area contributed by atoms with Crippen LogP contribution < -0.4 is 9.46 Å². The first-order chi connectivity index (χ1) is 9.03. The smallest absolute Gasteiger partial charge is 0.244 e. The first-order valence-electron chi connectivity index (χ1n) is 5.37. The number of rotatable bonds is 5. The van der Waals surface area contributed by atoms with Gasteiger partial charge in [0.25, 0.3) is 0 Å². The average Bonchev–Trinajstić information content (AvgIpc) is 2.89. The van der Waals surface area contributed by atoms with Crippen molar-refractivity contribution >= 4 is 33.0 Å². The molecule has 0 spiro atoms. The summed E-state index contributed by atoms with van der Waals surface area (Å²) >= 11 is 7.35. The number of sulfonamides is 1. The number of methoxy groups -OCH3 is 1. The van der Waals surface area contributed by atoms with Gasteiger partial charge in [-0.1, -0.05) is 11.6 Å². The summed E-state index contributed by atoms with van der Waals surface area (Å²) < 4.78 is 32.0. The van der Waals surface area contributed by atoms with E-state index in [4.69, 9.17) is 16.3 Å². The maximum Gasteiger partial charge on any atom is 0.244 e. The second kappa shape index (κ2) is 5.92. The fourth-order valence-corrected chi connectivity index (χ4v) is 3.63. The lowest BCUT2D eigenvalue weighted by Gasteiger charge is -2.10. The summed E-state index contributed by atoms with van der Waals surface area (Å²) in [6.45, 7) is 0.238. The van der Waals surface area contributed by atoms with Gasteiger partial charge in [0.05, 0.1) is 7.11 Å². The van der Waals surface area contributed by atoms with Gasteiger partial charge in [0, 0.05) is 11.6 Å². The second-order valence-corrected chi connectivity index (χ2v) is 6.70. The molecule has 1 aromatic heterocycles. The monoisotopic (exact) mass is 317 g/mol. The minimum Gasteiger partial charge on any atom is -0.495 e. The molecule has 0 aliphatic rings. The van der Waals surface area contributed by atoms with Crippen molar-refractivity contribution in [1.29, 1.82) is 0 Å². The van der Waals surface area contributed by atoms with Gasteiger partial charge in [-0.3, -0.25) is 0 Å². The zero-order chi connectivity index (χ0) is 13.9. The molecule has 102 valence electrons. The number of halogens is 1. The third-order valence-corrected chi connectivity index (χ3v) is 4.85. The van der Waals surface area contributed by atoms with Crippen molar-refractivity contribution in [3.05, 3.63) is 45.6 Å². The maximum atomic E-state index is 12.2. The molecule has 1 heterocycles. The Morgan fingerprint density at radius 2 is 2.16 bits per heavy atom. The van der Waals surface area contributed by atoms with Crippen LogP contribution in [-0.2, 0) is 16.6 Å². The number of hydrogen-bond donors (Lipinski definition) is 1. The Bertz CT molecular complexity index is 654. The number of nitrogens with one attached hydrogen (secondary N) is 1. The van der Waals surface area contributed by atoms with E-state index in [1.54, 1.807) is 6.07 Å². The van der Waals surface area contributed by atoms with Crippen molar-refractivity contribution in [3.8, 4) is 5.75 Å². The highest BCUT2D eigenvalue weighted by molar-refractivity contribution is 7.89. The average molecular weight is 318 g/mol. The molecule has 1 N–H and O–H groups in total. The summed E-state index contributed by atoms with van der Waals surface area (Å²) in [6.07, 6.45) is 0. The molecule has 7 heteroatoms. The van der Waals surface area contributed by atoms with Crippen molar-refractivity contribution in [2.75, 3.05) is 7.11 Å². The van der Waals surface area contributed by atoms with Crippen LogP contribution in [0.15, 0.2) is 39.9 Å². The van der Waals surface area contributed by atoms with Gasteiger partial charge < -0.3 is 4.74 Å². The zero-order valence-corrected chi connectivity index (χ0v) is 12.5. The first-order valence-corrected chi connectivity index (χ1v) is 8.17. The number of ether oxygens (including phenoxy) is 1. The van der Waals surface area contributed by atoms with E-state index in [9.17, 15) is 8.42 Å². The molecule has 2 rings (SSSR count). The molecule has 4 nitrogen and oxygen atoms in total. The van der Waals surface area contributed by atoms with Gasteiger partial charge in [-0.2, -0.15) is 11.3 Å². The summed E-state index contributed by atoms with van der Waals surface area (Å²) in [5.41, 5.74) is 0.912. The van der Waals surface area contributed by atoms with Gasteiger partial charge >= 0.3 is 0 Å². The molecule has 0 atom stereocenters. The molecule has 0 aliphatic heterocycles. The fraction of sp³-hybridized carbons (Fsp3) is 0.167. The molecule has 19 heavy (non-hydrogen) atoms. The quantitative estimate of drug-likeness (QED) is 0.922. The summed E-state index contributed by atoms with van der Waals surface area (Å²) in [5, 5.41) is 4.12. The van der Waals surface area contributed by atoms with Gasteiger partial charge in [-0.25, -0.2) is 13.1 Å². The number of benzene rings is 1. The van der Waals surface area contributed by atoms with Crippen LogP contribution in [0.3, 0.4) is 0 Å². The van der Waals surface area contributed by atoms with Crippen LogP contribution in [0, 0.1) is 0 Å². The Morgan fingerprint density at radius 1 is 1.37 bits per heavy atom. The van der Waals surface area contributed by atoms with Crippen LogP contribution >= 0.6 is 22.9 Å². The molecular weight excluding hydrogens is 306 g/mol. The van der Waals surface area contributed by atoms with Crippen molar-refractivity contribution in [1.82, 2.24) is 4.72 Å². The highest BCUT2D eigenvalue weighted by Gasteiger charge is 2.19. The number of hydrogen-bond acceptors (Lipinski definition) is 4. The van der Waals surface area contributed by atoms with Gasteiger partial charge in [0.1, 0.15) is 10.6 Å². The van der Waals surface area contributed by atoms with Gasteiger partial charge in [0.15, 0.2) is 0 Å². The van der Waals surface area contributed by atoms with Gasteiger partial charge in [-0.05, 0) is 40.6 Å². The fourth-order valence-electron chi connectivity index (χ4n) is 1.51. The van der Waals surface area contributed by atoms with Crippen molar-refractivity contribution in [3.63, 3.8) is 0 Å². The first kappa shape index (κ1) is 14.3. The van der Waals surface area contributed by atoms with E-state index in [0.29, 0.717) is 5.02 Å². The SMILES string of the molecule is COc1ccc(Cl)cc1S(=O)(=O)NCc1ccsc1. The molecule has 2 aromatic rings. The van der Waals surface area contributed by atoms with E-state index in [-0.39, 0.29) is 17.2 Å². The van der Waals surface area contributed by atoms with E-state index < -0.39 is 10.0 Å². The Balaban J connectivity index is 2.26. The summed E-state index contributed by atoms with van der Waals surface area (Å²) in [4.78, 5) is 0.0396. The Labute approximate surface area is 121 Å². The van der Waals surface area contributed by atoms with Gasteiger partial charge in [0.2, 0.25) is 10.0 Å². The summed E-state index contributed by atoms with van der Waals surface area (Å²) in [7, 11) is -2.24. The second-order valence-electron chi connectivity index (χ2n) is 3.75. The molecule has 0 bridgehead atoms. The molecule has 0 aliphatic carbocycles. The summed E-state index contributed by atoms with van der Waals surface area (Å²) in [5.74, 6) is 0.266. The van der Waals surface area contributed by atoms with Crippen LogP contribution in [0.1, 0.15) is 5.56 Å². The van der Waals surface area contributed by atoms with Crippen LogP contribution in [0.5, 0.6) is 5.75 Å². The topological polar surface area (TPSA) is 55.4 Å². The van der Waals surface area contributed by atoms with Crippen molar-refractivity contribution < 1.29 is 13.2 Å². The predicted molar refractivity (Wildman–Crippen MR) is 76.3 cm³/mol. The highest BCUT2D eigenvalue weighted by atomic mass is 35.5. The summed E-state index contributed by atoms with van der Waals surface area (Å²) in [6, 6.07) is 6.35. The highest BCUT2D eigenvalue weighted by Crippen LogP contribution is 2.27. The molecule has 0 fully saturated rings. The Kier molecular flexibility index (Phi) is 4.46. The van der Waals surface area contributed by atoms with Gasteiger partial charge in [-0.15, -0.1) is 0 Å². The van der Waals surface area contributed by atoms with E-state index in [1.807, 2.05) is 16.8 Å². The van der Waals surface area contributed by atoms with Crippen LogP contribution in [0.25, 0.3) is 0 Å². The third kappa shape index (κ3) is 3.48. The maximum absolute atomic E-state index is 12.2. The lowest BCUT2D eigenvalue weighted by molar-refractivity contribution is 0.402. The normalized spacial score (nSPS) is 11.5. The lowest BCUT2D eigenvalue weighted by Crippen LogP contribution is -2.23. The van der Waals surface area contributed by atoms with Crippen LogP contribution in [0.4, 0.5) is 0 Å². The predicted octanol–water partition coefficient (Wildman–Crippen LogP) is 2.89. The minimum absolute atomic E-state index is 0.0396. The van der Waals surface area contributed by atoms with Crippen LogP contribution in [0.2, 0.25) is 5.02 Å². The van der Waals surface area contributed by atoms with E-state index in [0.717, 1.165) is 5.56 Å². The largest absolute Gasteiger partial charge is 0.495 e. The zero-order valence-electron chi connectivity index (χ0n) is 10.1. The molecule has 0 radical (unpaired) electrons. The third-order valence-electron chi connectivity index (χ3n) is 2.46. The number of thiophene rings is 1. The lowest BCUT2D eigenvalue weighted by atomic mass is 10.3. The van der Waals surface area contributed by atoms with Crippen molar-refractivity contribution in [2.45, 2.75) is 11.4 Å². The van der Waals surface area contributed by atoms with Crippen molar-refractivity contribution in [2.24, 2.45) is 0 Å². The Hall–Kier alpha value is -1.08. The molecule has 0 saturated carbocycles. The van der Waals surface area contributed by atoms with E-state index >= 15 is 0 Å². The molecule has 0 unspecified atom stereocenters. The molecule has 0 amide bonds. The minimum atomic E-state index is -3.66. The Morgan fingerprint density at radius 3 is 2.79 bits per heavy atom. The molecular formula is C12H12ClNO3S2. The van der Waals surface area contributed by atoms with E-state index in [1.165, 1.54) is 30.6 Å². The molecule has 1 aromatic carbocycles. The van der Waals surface area contributed by atoms with Crippen LogP contribution in [-0.4, -0.2) is 15.5 Å². The molecule has 0 saturated heterocycles.